The van der Waals surface area contributed by atoms with Gasteiger partial charge in [0.1, 0.15) is 0 Å². The molecule has 58 valence electrons. The van der Waals surface area contributed by atoms with Gasteiger partial charge in [-0.05, 0) is 11.6 Å². The predicted octanol–water partition coefficient (Wildman–Crippen LogP) is 2.78. The first kappa shape index (κ1) is 8.29. The van der Waals surface area contributed by atoms with Crippen molar-refractivity contribution in [1.29, 1.82) is 5.26 Å². The van der Waals surface area contributed by atoms with Crippen LogP contribution in [0.5, 0.6) is 0 Å². The minimum atomic E-state index is 0.584. The van der Waals surface area contributed by atoms with Crippen molar-refractivity contribution >= 4 is 6.08 Å². The summed E-state index contributed by atoms with van der Waals surface area (Å²) >= 11 is 0. The second-order valence-corrected chi connectivity index (χ2v) is 2.33. The lowest BCUT2D eigenvalue weighted by atomic mass is 10.1. The van der Waals surface area contributed by atoms with Gasteiger partial charge in [0.05, 0.1) is 11.6 Å². The first-order valence-electron chi connectivity index (χ1n) is 3.66. The molecule has 1 aromatic rings. The number of benzene rings is 1. The highest BCUT2D eigenvalue weighted by atomic mass is 14.2. The van der Waals surface area contributed by atoms with E-state index in [9.17, 15) is 0 Å². The second kappa shape index (κ2) is 4.15. The summed E-state index contributed by atoms with van der Waals surface area (Å²) in [6.07, 6.45) is 3.35. The summed E-state index contributed by atoms with van der Waals surface area (Å²) in [5, 5.41) is 8.60. The molecule has 0 saturated carbocycles. The molecule has 0 N–H and O–H groups in total. The number of hydrogen-bond acceptors (Lipinski definition) is 1. The Hall–Kier alpha value is -1.81. The van der Waals surface area contributed by atoms with Gasteiger partial charge < -0.3 is 0 Å². The molecule has 0 bridgehead atoms. The Morgan fingerprint density at radius 3 is 2.50 bits per heavy atom. The van der Waals surface area contributed by atoms with Crippen molar-refractivity contribution in [1.82, 2.24) is 0 Å². The minimum Gasteiger partial charge on any atom is -0.192 e. The highest BCUT2D eigenvalue weighted by molar-refractivity contribution is 5.60. The van der Waals surface area contributed by atoms with Crippen molar-refractivity contribution in [2.24, 2.45) is 0 Å². The summed E-state index contributed by atoms with van der Waals surface area (Å²) in [4.78, 5) is 0. The van der Waals surface area contributed by atoms with E-state index in [0.717, 1.165) is 5.56 Å². The van der Waals surface area contributed by atoms with Crippen LogP contribution in [0, 0.1) is 11.3 Å². The summed E-state index contributed by atoms with van der Waals surface area (Å²) in [5.74, 6) is 0. The van der Waals surface area contributed by atoms with Crippen molar-refractivity contribution < 1.29 is 0 Å². The highest BCUT2D eigenvalue weighted by Gasteiger charge is 1.88. The third kappa shape index (κ3) is 2.10. The Morgan fingerprint density at radius 2 is 2.00 bits per heavy atom. The average molecular weight is 155 g/mol. The minimum absolute atomic E-state index is 0.584. The van der Waals surface area contributed by atoms with Gasteiger partial charge in [0, 0.05) is 0 Å². The molecule has 0 heterocycles. The van der Waals surface area contributed by atoms with Crippen molar-refractivity contribution in [3.8, 4) is 6.07 Å². The molecule has 1 heteroatoms. The topological polar surface area (TPSA) is 23.8 Å². The van der Waals surface area contributed by atoms with Gasteiger partial charge in [0.2, 0.25) is 0 Å². The van der Waals surface area contributed by atoms with E-state index in [4.69, 9.17) is 5.26 Å². The van der Waals surface area contributed by atoms with Crippen molar-refractivity contribution in [3.63, 3.8) is 0 Å². The van der Waals surface area contributed by atoms with Crippen LogP contribution in [0.25, 0.3) is 6.08 Å². The Balaban J connectivity index is 2.96. The maximum Gasteiger partial charge on any atom is 0.0991 e. The molecule has 0 unspecified atom stereocenters. The van der Waals surface area contributed by atoms with E-state index in [-0.39, 0.29) is 0 Å². The normalized spacial score (nSPS) is 10.4. The van der Waals surface area contributed by atoms with E-state index in [1.54, 1.807) is 12.2 Å². The van der Waals surface area contributed by atoms with Gasteiger partial charge in [0.15, 0.2) is 0 Å². The lowest BCUT2D eigenvalue weighted by Crippen LogP contribution is -1.73. The monoisotopic (exact) mass is 155 g/mol. The van der Waals surface area contributed by atoms with Gasteiger partial charge in [-0.3, -0.25) is 0 Å². The molecule has 0 saturated heterocycles. The quantitative estimate of drug-likeness (QED) is 0.476. The van der Waals surface area contributed by atoms with Gasteiger partial charge in [-0.25, -0.2) is 0 Å². The summed E-state index contributed by atoms with van der Waals surface area (Å²) in [7, 11) is 0. The highest BCUT2D eigenvalue weighted by Crippen LogP contribution is 2.05. The molecule has 1 nitrogen and oxygen atoms in total. The van der Waals surface area contributed by atoms with E-state index in [0.29, 0.717) is 5.57 Å². The van der Waals surface area contributed by atoms with E-state index in [1.165, 1.54) is 0 Å². The van der Waals surface area contributed by atoms with E-state index in [2.05, 4.69) is 6.58 Å². The van der Waals surface area contributed by atoms with Gasteiger partial charge in [-0.2, -0.15) is 5.26 Å². The first-order valence-corrected chi connectivity index (χ1v) is 3.66. The number of allylic oxidation sites excluding steroid dienone is 2. The Kier molecular flexibility index (Phi) is 2.87. The maximum absolute atomic E-state index is 8.60. The van der Waals surface area contributed by atoms with Crippen LogP contribution in [0.3, 0.4) is 0 Å². The molecule has 0 amide bonds. The summed E-state index contributed by atoms with van der Waals surface area (Å²) < 4.78 is 0. The number of nitriles is 1. The SMILES string of the molecule is C=C/C(C#N)=C/c1ccccc1. The van der Waals surface area contributed by atoms with Crippen LogP contribution in [-0.4, -0.2) is 0 Å². The van der Waals surface area contributed by atoms with E-state index in [1.807, 2.05) is 36.4 Å². The lowest BCUT2D eigenvalue weighted by Gasteiger charge is -1.90. The van der Waals surface area contributed by atoms with Crippen LogP contribution in [-0.2, 0) is 0 Å². The fourth-order valence-electron chi connectivity index (χ4n) is 0.866. The zero-order valence-electron chi connectivity index (χ0n) is 6.70. The Bertz CT molecular complexity index is 328. The molecular weight excluding hydrogens is 146 g/mol. The summed E-state index contributed by atoms with van der Waals surface area (Å²) in [6, 6.07) is 11.7. The number of nitrogens with zero attached hydrogens (tertiary/aromatic N) is 1. The zero-order valence-corrected chi connectivity index (χ0v) is 6.70. The van der Waals surface area contributed by atoms with Crippen molar-refractivity contribution in [2.45, 2.75) is 0 Å². The number of rotatable bonds is 2. The molecule has 1 rings (SSSR count). The smallest absolute Gasteiger partial charge is 0.0991 e. The zero-order chi connectivity index (χ0) is 8.81. The molecule has 0 aliphatic rings. The van der Waals surface area contributed by atoms with Crippen LogP contribution >= 0.6 is 0 Å². The van der Waals surface area contributed by atoms with E-state index >= 15 is 0 Å². The van der Waals surface area contributed by atoms with Gasteiger partial charge in [-0.15, -0.1) is 0 Å². The fourth-order valence-corrected chi connectivity index (χ4v) is 0.866. The lowest BCUT2D eigenvalue weighted by molar-refractivity contribution is 1.51. The van der Waals surface area contributed by atoms with Crippen LogP contribution in [0.2, 0.25) is 0 Å². The molecule has 0 aliphatic heterocycles. The standard InChI is InChI=1S/C11H9N/c1-2-10(9-12)8-11-6-4-3-5-7-11/h2-8H,1H2/b10-8-. The number of hydrogen-bond donors (Lipinski definition) is 0. The molecule has 0 atom stereocenters. The molecule has 0 spiro atoms. The molecule has 0 aliphatic carbocycles. The summed E-state index contributed by atoms with van der Waals surface area (Å²) in [6.45, 7) is 3.54. The van der Waals surface area contributed by atoms with Gasteiger partial charge in [-0.1, -0.05) is 43.0 Å². The fraction of sp³-hybridized carbons (Fsp3) is 0. The van der Waals surface area contributed by atoms with Crippen molar-refractivity contribution in [2.75, 3.05) is 0 Å². The summed E-state index contributed by atoms with van der Waals surface area (Å²) in [5.41, 5.74) is 1.61. The first-order chi connectivity index (χ1) is 5.86. The second-order valence-electron chi connectivity index (χ2n) is 2.33. The van der Waals surface area contributed by atoms with Crippen LogP contribution < -0.4 is 0 Å². The molecule has 0 radical (unpaired) electrons. The molecule has 12 heavy (non-hydrogen) atoms. The molecule has 0 aromatic heterocycles. The van der Waals surface area contributed by atoms with Crippen LogP contribution in [0.15, 0.2) is 48.6 Å². The van der Waals surface area contributed by atoms with Crippen LogP contribution in [0.4, 0.5) is 0 Å². The van der Waals surface area contributed by atoms with E-state index < -0.39 is 0 Å². The molecular formula is C11H9N. The Morgan fingerprint density at radius 1 is 1.33 bits per heavy atom. The van der Waals surface area contributed by atoms with Crippen LogP contribution in [0.1, 0.15) is 5.56 Å². The molecule has 0 fully saturated rings. The third-order valence-electron chi connectivity index (χ3n) is 1.47. The van der Waals surface area contributed by atoms with Crippen molar-refractivity contribution in [3.05, 3.63) is 54.1 Å². The molecule has 1 aromatic carbocycles. The van der Waals surface area contributed by atoms with Gasteiger partial charge >= 0.3 is 0 Å². The average Bonchev–Trinajstić information content (AvgIpc) is 2.16. The largest absolute Gasteiger partial charge is 0.192 e. The maximum atomic E-state index is 8.60. The predicted molar refractivity (Wildman–Crippen MR) is 50.2 cm³/mol. The van der Waals surface area contributed by atoms with Gasteiger partial charge in [0.25, 0.3) is 0 Å². The Labute approximate surface area is 72.3 Å². The third-order valence-corrected chi connectivity index (χ3v) is 1.47.